The standard InChI is InChI=1S/C27H33N3O2S/c1-3-18-30(26(31)28-23-12-8-9-13-25(23)32-4-2)27-29-24(19-33-27)22-16-14-21(15-17-22)20-10-6-5-7-11-20/h8-9,12-17,19-20H,3-7,10-11,18H2,1-2H3,(H,28,31). The summed E-state index contributed by atoms with van der Waals surface area (Å²) in [6.07, 6.45) is 7.49. The normalized spacial score (nSPS) is 14.1. The molecule has 2 amide bonds. The lowest BCUT2D eigenvalue weighted by molar-refractivity contribution is 0.256. The predicted octanol–water partition coefficient (Wildman–Crippen LogP) is 7.71. The van der Waals surface area contributed by atoms with Crippen LogP contribution in [-0.4, -0.2) is 24.2 Å². The van der Waals surface area contributed by atoms with Crippen molar-refractivity contribution in [2.24, 2.45) is 0 Å². The van der Waals surface area contributed by atoms with Crippen LogP contribution in [0.1, 0.15) is 63.9 Å². The zero-order chi connectivity index (χ0) is 23.0. The molecule has 3 aromatic rings. The first-order chi connectivity index (χ1) is 16.2. The third kappa shape index (κ3) is 5.74. The van der Waals surface area contributed by atoms with Crippen LogP contribution in [0.3, 0.4) is 0 Å². The van der Waals surface area contributed by atoms with Gasteiger partial charge in [-0.3, -0.25) is 4.90 Å². The van der Waals surface area contributed by atoms with E-state index in [4.69, 9.17) is 9.72 Å². The van der Waals surface area contributed by atoms with Crippen molar-refractivity contribution in [3.63, 3.8) is 0 Å². The van der Waals surface area contributed by atoms with Crippen molar-refractivity contribution < 1.29 is 9.53 Å². The Morgan fingerprint density at radius 1 is 1.09 bits per heavy atom. The predicted molar refractivity (Wildman–Crippen MR) is 138 cm³/mol. The number of nitrogens with zero attached hydrogens (tertiary/aromatic N) is 2. The van der Waals surface area contributed by atoms with Gasteiger partial charge in [-0.1, -0.05) is 62.6 Å². The highest BCUT2D eigenvalue weighted by atomic mass is 32.1. The van der Waals surface area contributed by atoms with E-state index in [1.807, 2.05) is 36.6 Å². The SMILES string of the molecule is CCCN(C(=O)Nc1ccccc1OCC)c1nc(-c2ccc(C3CCCCC3)cc2)cs1. The highest BCUT2D eigenvalue weighted by Gasteiger charge is 2.21. The van der Waals surface area contributed by atoms with Crippen molar-refractivity contribution in [1.82, 2.24) is 4.98 Å². The number of thiazole rings is 1. The molecule has 0 bridgehead atoms. The van der Waals surface area contributed by atoms with Crippen LogP contribution in [0.5, 0.6) is 5.75 Å². The van der Waals surface area contributed by atoms with Crippen LogP contribution in [0.4, 0.5) is 15.6 Å². The van der Waals surface area contributed by atoms with Gasteiger partial charge in [-0.15, -0.1) is 11.3 Å². The summed E-state index contributed by atoms with van der Waals surface area (Å²) in [5.41, 5.74) is 4.11. The lowest BCUT2D eigenvalue weighted by atomic mass is 9.84. The first-order valence-electron chi connectivity index (χ1n) is 12.1. The molecule has 2 aromatic carbocycles. The molecule has 1 fully saturated rings. The number of rotatable bonds is 8. The fraction of sp³-hybridized carbons (Fsp3) is 0.407. The number of amides is 2. The number of benzene rings is 2. The molecule has 1 N–H and O–H groups in total. The number of carbonyl (C=O) groups excluding carboxylic acids is 1. The first-order valence-corrected chi connectivity index (χ1v) is 12.9. The molecule has 0 radical (unpaired) electrons. The molecule has 0 atom stereocenters. The second kappa shape index (κ2) is 11.3. The molecule has 0 spiro atoms. The Morgan fingerprint density at radius 2 is 1.85 bits per heavy atom. The molecule has 1 aliphatic rings. The molecule has 0 saturated heterocycles. The highest BCUT2D eigenvalue weighted by Crippen LogP contribution is 2.34. The van der Waals surface area contributed by atoms with E-state index in [2.05, 4.69) is 36.5 Å². The molecule has 33 heavy (non-hydrogen) atoms. The van der Waals surface area contributed by atoms with Crippen molar-refractivity contribution in [1.29, 1.82) is 0 Å². The Kier molecular flexibility index (Phi) is 8.00. The number of urea groups is 1. The Labute approximate surface area is 200 Å². The third-order valence-electron chi connectivity index (χ3n) is 6.13. The van der Waals surface area contributed by atoms with E-state index in [1.165, 1.54) is 49.0 Å². The van der Waals surface area contributed by atoms with Gasteiger partial charge < -0.3 is 10.1 Å². The van der Waals surface area contributed by atoms with Crippen molar-refractivity contribution in [2.45, 2.75) is 58.3 Å². The third-order valence-corrected chi connectivity index (χ3v) is 6.99. The smallest absolute Gasteiger partial charge is 0.328 e. The molecule has 5 nitrogen and oxygen atoms in total. The van der Waals surface area contributed by atoms with Gasteiger partial charge in [0.05, 0.1) is 18.0 Å². The second-order valence-electron chi connectivity index (χ2n) is 8.48. The van der Waals surface area contributed by atoms with Gasteiger partial charge in [-0.25, -0.2) is 9.78 Å². The summed E-state index contributed by atoms with van der Waals surface area (Å²) in [5, 5.41) is 5.74. The number of para-hydroxylation sites is 2. The summed E-state index contributed by atoms with van der Waals surface area (Å²) < 4.78 is 5.65. The minimum Gasteiger partial charge on any atom is -0.492 e. The van der Waals surface area contributed by atoms with Crippen LogP contribution in [0.2, 0.25) is 0 Å². The minimum absolute atomic E-state index is 0.197. The Bertz CT molecular complexity index is 1040. The van der Waals surface area contributed by atoms with Crippen LogP contribution in [0.15, 0.2) is 53.9 Å². The Balaban J connectivity index is 1.49. The van der Waals surface area contributed by atoms with Crippen molar-refractivity contribution in [2.75, 3.05) is 23.4 Å². The number of hydrogen-bond donors (Lipinski definition) is 1. The molecule has 1 aliphatic carbocycles. The van der Waals surface area contributed by atoms with Gasteiger partial charge in [0, 0.05) is 17.5 Å². The molecule has 6 heteroatoms. The molecular formula is C27H33N3O2S. The van der Waals surface area contributed by atoms with E-state index in [1.54, 1.807) is 4.90 Å². The zero-order valence-electron chi connectivity index (χ0n) is 19.5. The highest BCUT2D eigenvalue weighted by molar-refractivity contribution is 7.14. The number of nitrogens with one attached hydrogen (secondary N) is 1. The number of carbonyl (C=O) groups is 1. The van der Waals surface area contributed by atoms with Gasteiger partial charge in [-0.2, -0.15) is 0 Å². The van der Waals surface area contributed by atoms with E-state index >= 15 is 0 Å². The summed E-state index contributed by atoms with van der Waals surface area (Å²) in [6.45, 7) is 5.13. The number of ether oxygens (including phenoxy) is 1. The van der Waals surface area contributed by atoms with Crippen LogP contribution in [0.25, 0.3) is 11.3 Å². The van der Waals surface area contributed by atoms with E-state index in [0.29, 0.717) is 35.6 Å². The summed E-state index contributed by atoms with van der Waals surface area (Å²) in [6, 6.07) is 16.2. The van der Waals surface area contributed by atoms with Gasteiger partial charge in [0.1, 0.15) is 5.75 Å². The molecule has 0 unspecified atom stereocenters. The molecule has 1 heterocycles. The average Bonchev–Trinajstić information content (AvgIpc) is 3.34. The molecule has 0 aliphatic heterocycles. The quantitative estimate of drug-likeness (QED) is 0.372. The average molecular weight is 464 g/mol. The molecule has 1 aromatic heterocycles. The van der Waals surface area contributed by atoms with Gasteiger partial charge in [0.2, 0.25) is 0 Å². The van der Waals surface area contributed by atoms with E-state index in [0.717, 1.165) is 17.7 Å². The number of anilines is 2. The first kappa shape index (κ1) is 23.3. The molecule has 174 valence electrons. The minimum atomic E-state index is -0.197. The maximum absolute atomic E-state index is 13.2. The summed E-state index contributed by atoms with van der Waals surface area (Å²) >= 11 is 1.50. The Morgan fingerprint density at radius 3 is 2.58 bits per heavy atom. The summed E-state index contributed by atoms with van der Waals surface area (Å²) in [4.78, 5) is 19.7. The van der Waals surface area contributed by atoms with Gasteiger partial charge in [0.15, 0.2) is 5.13 Å². The van der Waals surface area contributed by atoms with Crippen molar-refractivity contribution in [3.05, 3.63) is 59.5 Å². The fourth-order valence-corrected chi connectivity index (χ4v) is 5.28. The molecule has 1 saturated carbocycles. The lowest BCUT2D eigenvalue weighted by Crippen LogP contribution is -2.35. The second-order valence-corrected chi connectivity index (χ2v) is 9.32. The van der Waals surface area contributed by atoms with Gasteiger partial charge >= 0.3 is 6.03 Å². The fourth-order valence-electron chi connectivity index (χ4n) is 4.42. The van der Waals surface area contributed by atoms with Crippen LogP contribution in [0, 0.1) is 0 Å². The zero-order valence-corrected chi connectivity index (χ0v) is 20.4. The summed E-state index contributed by atoms with van der Waals surface area (Å²) in [5.74, 6) is 1.37. The lowest BCUT2D eigenvalue weighted by Gasteiger charge is -2.22. The largest absolute Gasteiger partial charge is 0.492 e. The Hall–Kier alpha value is -2.86. The van der Waals surface area contributed by atoms with E-state index in [9.17, 15) is 4.79 Å². The van der Waals surface area contributed by atoms with E-state index in [-0.39, 0.29) is 6.03 Å². The topological polar surface area (TPSA) is 54.5 Å². The van der Waals surface area contributed by atoms with Gasteiger partial charge in [0.25, 0.3) is 0 Å². The summed E-state index contributed by atoms with van der Waals surface area (Å²) in [7, 11) is 0. The number of aromatic nitrogens is 1. The number of hydrogen-bond acceptors (Lipinski definition) is 4. The van der Waals surface area contributed by atoms with Crippen LogP contribution in [-0.2, 0) is 0 Å². The maximum atomic E-state index is 13.2. The monoisotopic (exact) mass is 463 g/mol. The molecular weight excluding hydrogens is 430 g/mol. The van der Waals surface area contributed by atoms with Crippen molar-refractivity contribution >= 4 is 28.2 Å². The maximum Gasteiger partial charge on any atom is 0.328 e. The van der Waals surface area contributed by atoms with Crippen LogP contribution >= 0.6 is 11.3 Å². The van der Waals surface area contributed by atoms with Crippen LogP contribution < -0.4 is 15.0 Å². The molecule has 4 rings (SSSR count). The van der Waals surface area contributed by atoms with Crippen molar-refractivity contribution in [3.8, 4) is 17.0 Å². The van der Waals surface area contributed by atoms with E-state index < -0.39 is 0 Å². The van der Waals surface area contributed by atoms with Gasteiger partial charge in [-0.05, 0) is 49.8 Å².